The minimum absolute atomic E-state index is 0.0740. The van der Waals surface area contributed by atoms with E-state index in [1.807, 2.05) is 0 Å². The highest BCUT2D eigenvalue weighted by molar-refractivity contribution is 7.87. The highest BCUT2D eigenvalue weighted by Crippen LogP contribution is 2.41. The van der Waals surface area contributed by atoms with Crippen molar-refractivity contribution in [3.63, 3.8) is 0 Å². The Morgan fingerprint density at radius 1 is 1.17 bits per heavy atom. The molecule has 1 atom stereocenters. The van der Waals surface area contributed by atoms with E-state index in [1.54, 1.807) is 12.1 Å². The zero-order chi connectivity index (χ0) is 22.3. The number of nitrogens with one attached hydrogen (secondary N) is 1. The first-order valence-corrected chi connectivity index (χ1v) is 10.9. The Morgan fingerprint density at radius 3 is 2.43 bits per heavy atom. The van der Waals surface area contributed by atoms with Gasteiger partial charge in [-0.1, -0.05) is 0 Å². The van der Waals surface area contributed by atoms with Crippen LogP contribution < -0.4 is 14.8 Å². The molecule has 0 spiro atoms. The molecule has 0 radical (unpaired) electrons. The third-order valence-electron chi connectivity index (χ3n) is 4.77. The molecule has 10 heteroatoms. The van der Waals surface area contributed by atoms with Gasteiger partial charge >= 0.3 is 5.97 Å². The van der Waals surface area contributed by atoms with E-state index in [1.165, 1.54) is 27.4 Å². The van der Waals surface area contributed by atoms with E-state index in [0.717, 1.165) is 12.7 Å². The van der Waals surface area contributed by atoms with Gasteiger partial charge in [0.1, 0.15) is 5.25 Å². The van der Waals surface area contributed by atoms with Crippen molar-refractivity contribution in [3.8, 4) is 11.5 Å². The lowest BCUT2D eigenvalue weighted by Crippen LogP contribution is -2.28. The van der Waals surface area contributed by atoms with Crippen molar-refractivity contribution in [1.82, 2.24) is 5.32 Å². The molecule has 166 valence electrons. The van der Waals surface area contributed by atoms with Gasteiger partial charge in [0.2, 0.25) is 5.91 Å². The number of rotatable bonds is 9. The summed E-state index contributed by atoms with van der Waals surface area (Å²) in [6.07, 6.45) is 2.40. The second-order valence-corrected chi connectivity index (χ2v) is 8.59. The van der Waals surface area contributed by atoms with Crippen molar-refractivity contribution < 1.29 is 36.4 Å². The number of hydrogen-bond acceptors (Lipinski definition) is 8. The largest absolute Gasteiger partial charge is 0.493 e. The summed E-state index contributed by atoms with van der Waals surface area (Å²) in [7, 11) is 0.196. The number of hydrogen-bond donors (Lipinski definition) is 1. The third kappa shape index (κ3) is 5.73. The molecule has 0 aromatic heterocycles. The molecule has 1 amide bonds. The van der Waals surface area contributed by atoms with Crippen LogP contribution in [0.4, 0.5) is 0 Å². The average Bonchev–Trinajstić information content (AvgIpc) is 2.73. The Balaban J connectivity index is 2.32. The predicted octanol–water partition coefficient (Wildman–Crippen LogP) is 1.80. The molecular formula is C20H27NO8S. The normalized spacial score (nSPS) is 17.2. The first kappa shape index (κ1) is 23.7. The number of benzene rings is 1. The monoisotopic (exact) mass is 441 g/mol. The van der Waals surface area contributed by atoms with Crippen molar-refractivity contribution in [1.29, 1.82) is 0 Å². The fraction of sp³-hybridized carbons (Fsp3) is 0.500. The molecule has 1 aliphatic carbocycles. The molecule has 0 bridgehead atoms. The van der Waals surface area contributed by atoms with E-state index < -0.39 is 21.3 Å². The van der Waals surface area contributed by atoms with E-state index in [2.05, 4.69) is 5.32 Å². The first-order chi connectivity index (χ1) is 14.2. The summed E-state index contributed by atoms with van der Waals surface area (Å²) in [4.78, 5) is 23.0. The van der Waals surface area contributed by atoms with Crippen LogP contribution in [-0.2, 0) is 35.0 Å². The van der Waals surface area contributed by atoms with Gasteiger partial charge in [-0.2, -0.15) is 8.42 Å². The van der Waals surface area contributed by atoms with Crippen LogP contribution in [0.3, 0.4) is 0 Å². The fourth-order valence-corrected chi connectivity index (χ4v) is 4.39. The quantitative estimate of drug-likeness (QED) is 0.267. The Bertz CT molecular complexity index is 923. The van der Waals surface area contributed by atoms with Crippen LogP contribution in [0.25, 0.3) is 5.57 Å². The molecule has 1 aromatic rings. The molecule has 9 nitrogen and oxygen atoms in total. The summed E-state index contributed by atoms with van der Waals surface area (Å²) in [5.74, 6) is 0.244. The lowest BCUT2D eigenvalue weighted by molar-refractivity contribution is -0.138. The summed E-state index contributed by atoms with van der Waals surface area (Å²) >= 11 is 0. The summed E-state index contributed by atoms with van der Waals surface area (Å²) < 4.78 is 45.6. The Hall–Kier alpha value is -2.59. The number of methoxy groups -OCH3 is 2. The van der Waals surface area contributed by atoms with Crippen LogP contribution in [0.1, 0.15) is 37.3 Å². The number of esters is 1. The molecule has 1 unspecified atom stereocenters. The average molecular weight is 442 g/mol. The maximum absolute atomic E-state index is 12.5. The second-order valence-electron chi connectivity index (χ2n) is 6.70. The topological polar surface area (TPSA) is 117 Å². The first-order valence-electron chi connectivity index (χ1n) is 9.42. The van der Waals surface area contributed by atoms with Gasteiger partial charge in [0, 0.05) is 25.5 Å². The third-order valence-corrected chi connectivity index (χ3v) is 6.42. The summed E-state index contributed by atoms with van der Waals surface area (Å²) in [6.45, 7) is 1.74. The number of fused-ring (bicyclic) bond motifs is 1. The van der Waals surface area contributed by atoms with Crippen LogP contribution in [0.5, 0.6) is 11.5 Å². The molecule has 0 saturated carbocycles. The predicted molar refractivity (Wildman–Crippen MR) is 110 cm³/mol. The van der Waals surface area contributed by atoms with E-state index in [9.17, 15) is 18.0 Å². The van der Waals surface area contributed by atoms with Crippen molar-refractivity contribution in [2.24, 2.45) is 0 Å². The van der Waals surface area contributed by atoms with Gasteiger partial charge in [0.05, 0.1) is 27.6 Å². The summed E-state index contributed by atoms with van der Waals surface area (Å²) in [6, 6.07) is 3.45. The number of carbonyl (C=O) groups excluding carboxylic acids is 2. The molecule has 0 heterocycles. The number of amides is 1. The van der Waals surface area contributed by atoms with Crippen LogP contribution in [0.2, 0.25) is 0 Å². The van der Waals surface area contributed by atoms with Crippen molar-refractivity contribution in [2.75, 3.05) is 27.9 Å². The van der Waals surface area contributed by atoms with Crippen molar-refractivity contribution in [3.05, 3.63) is 29.5 Å². The molecular weight excluding hydrogens is 414 g/mol. The standard InChI is InChI=1S/C20H27NO8S/c1-13(22)21-9-5-6-20(23)29-12-16-15-11-18(27-3)17(26-2)10-14(15)7-8-19(16)30(24,25)28-4/h10-12,19H,5-9H2,1-4H3,(H,21,22)/b16-12+. The minimum atomic E-state index is -3.91. The lowest BCUT2D eigenvalue weighted by Gasteiger charge is -2.27. The van der Waals surface area contributed by atoms with Crippen LogP contribution in [-0.4, -0.2) is 53.4 Å². The van der Waals surface area contributed by atoms with Crippen LogP contribution in [0.15, 0.2) is 18.4 Å². The van der Waals surface area contributed by atoms with Gasteiger partial charge in [-0.05, 0) is 42.5 Å². The van der Waals surface area contributed by atoms with Gasteiger partial charge < -0.3 is 19.5 Å². The summed E-state index contributed by atoms with van der Waals surface area (Å²) in [5.41, 5.74) is 1.76. The van der Waals surface area contributed by atoms with E-state index in [-0.39, 0.29) is 18.7 Å². The van der Waals surface area contributed by atoms with Gasteiger partial charge in [-0.3, -0.25) is 13.8 Å². The second kappa shape index (κ2) is 10.4. The SMILES string of the molecule is COc1cc2c(cc1OC)/C(=C\OC(=O)CCCNC(C)=O)C(S(=O)(=O)OC)CC2. The Morgan fingerprint density at radius 2 is 1.83 bits per heavy atom. The smallest absolute Gasteiger partial charge is 0.310 e. The van der Waals surface area contributed by atoms with E-state index >= 15 is 0 Å². The van der Waals surface area contributed by atoms with Crippen LogP contribution >= 0.6 is 0 Å². The van der Waals surface area contributed by atoms with E-state index in [4.69, 9.17) is 18.4 Å². The highest BCUT2D eigenvalue weighted by atomic mass is 32.2. The van der Waals surface area contributed by atoms with E-state index in [0.29, 0.717) is 42.0 Å². The Labute approximate surface area is 176 Å². The lowest BCUT2D eigenvalue weighted by atomic mass is 9.87. The van der Waals surface area contributed by atoms with Gasteiger partial charge in [-0.15, -0.1) is 0 Å². The van der Waals surface area contributed by atoms with Crippen molar-refractivity contribution >= 4 is 27.6 Å². The zero-order valence-electron chi connectivity index (χ0n) is 17.5. The molecule has 1 N–H and O–H groups in total. The molecule has 1 aromatic carbocycles. The molecule has 0 fully saturated rings. The molecule has 30 heavy (non-hydrogen) atoms. The molecule has 1 aliphatic rings. The maximum atomic E-state index is 12.5. The molecule has 0 aliphatic heterocycles. The van der Waals surface area contributed by atoms with Crippen molar-refractivity contribution in [2.45, 2.75) is 37.9 Å². The van der Waals surface area contributed by atoms with Crippen LogP contribution in [0, 0.1) is 0 Å². The maximum Gasteiger partial charge on any atom is 0.310 e. The fourth-order valence-electron chi connectivity index (χ4n) is 3.25. The Kier molecular flexibility index (Phi) is 8.24. The molecule has 0 saturated heterocycles. The molecule has 2 rings (SSSR count). The highest BCUT2D eigenvalue weighted by Gasteiger charge is 2.36. The van der Waals surface area contributed by atoms with Gasteiger partial charge in [-0.25, -0.2) is 0 Å². The number of ether oxygens (including phenoxy) is 3. The zero-order valence-corrected chi connectivity index (χ0v) is 18.3. The minimum Gasteiger partial charge on any atom is -0.493 e. The van der Waals surface area contributed by atoms with Gasteiger partial charge in [0.25, 0.3) is 10.1 Å². The number of aryl methyl sites for hydroxylation is 1. The summed E-state index contributed by atoms with van der Waals surface area (Å²) in [5, 5.41) is 1.61. The van der Waals surface area contributed by atoms with Gasteiger partial charge in [0.15, 0.2) is 11.5 Å². The number of carbonyl (C=O) groups is 2.